The molecule has 0 saturated heterocycles. The monoisotopic (exact) mass is 190 g/mol. The highest BCUT2D eigenvalue weighted by Gasteiger charge is 2.25. The molecule has 0 bridgehead atoms. The van der Waals surface area contributed by atoms with Crippen LogP contribution in [0.3, 0.4) is 0 Å². The molecule has 1 aliphatic carbocycles. The Kier molecular flexibility index (Phi) is 2.39. The van der Waals surface area contributed by atoms with Crippen LogP contribution in [0.25, 0.3) is 0 Å². The molecule has 2 rings (SSSR count). The quantitative estimate of drug-likeness (QED) is 0.724. The van der Waals surface area contributed by atoms with Gasteiger partial charge in [0.25, 0.3) is 0 Å². The number of hydrogen-bond donors (Lipinski definition) is 2. The number of carbonyl (C=O) groups excluding carboxylic acids is 1. The van der Waals surface area contributed by atoms with Gasteiger partial charge in [-0.2, -0.15) is 0 Å². The Morgan fingerprint density at radius 1 is 1.50 bits per heavy atom. The number of benzene rings is 1. The molecule has 1 unspecified atom stereocenters. The zero-order chi connectivity index (χ0) is 9.97. The predicted molar refractivity (Wildman–Crippen MR) is 55.3 cm³/mol. The van der Waals surface area contributed by atoms with Crippen LogP contribution in [0.5, 0.6) is 0 Å². The third-order valence-corrected chi connectivity index (χ3v) is 2.70. The first-order chi connectivity index (χ1) is 6.81. The van der Waals surface area contributed by atoms with Crippen molar-refractivity contribution in [3.8, 4) is 0 Å². The third-order valence-electron chi connectivity index (χ3n) is 2.70. The summed E-state index contributed by atoms with van der Waals surface area (Å²) in [5.41, 5.74) is 2.79. The highest BCUT2D eigenvalue weighted by atomic mass is 16.2. The minimum Gasteiger partial charge on any atom is -0.341 e. The van der Waals surface area contributed by atoms with E-state index in [1.165, 1.54) is 11.1 Å². The van der Waals surface area contributed by atoms with Gasteiger partial charge in [0.05, 0.1) is 0 Å². The molecule has 3 heteroatoms. The van der Waals surface area contributed by atoms with Crippen molar-refractivity contribution in [3.63, 3.8) is 0 Å². The van der Waals surface area contributed by atoms with Gasteiger partial charge < -0.3 is 10.6 Å². The summed E-state index contributed by atoms with van der Waals surface area (Å²) in [5.74, 6) is 0.503. The van der Waals surface area contributed by atoms with Gasteiger partial charge in [-0.3, -0.25) is 0 Å². The third kappa shape index (κ3) is 1.58. The van der Waals surface area contributed by atoms with E-state index in [2.05, 4.69) is 28.8 Å². The molecule has 74 valence electrons. The number of amides is 2. The summed E-state index contributed by atoms with van der Waals surface area (Å²) in [5, 5.41) is 5.37. The van der Waals surface area contributed by atoms with Crippen LogP contribution >= 0.6 is 0 Å². The Hall–Kier alpha value is -1.51. The van der Waals surface area contributed by atoms with Crippen molar-refractivity contribution in [2.45, 2.75) is 12.3 Å². The van der Waals surface area contributed by atoms with Crippen LogP contribution in [-0.2, 0) is 6.42 Å². The second-order valence-corrected chi connectivity index (χ2v) is 3.56. The first-order valence-electron chi connectivity index (χ1n) is 4.84. The van der Waals surface area contributed by atoms with Crippen molar-refractivity contribution in [1.82, 2.24) is 10.6 Å². The van der Waals surface area contributed by atoms with E-state index in [4.69, 9.17) is 0 Å². The van der Waals surface area contributed by atoms with Gasteiger partial charge >= 0.3 is 6.03 Å². The highest BCUT2D eigenvalue weighted by molar-refractivity contribution is 5.73. The Balaban J connectivity index is 1.90. The predicted octanol–water partition coefficient (Wildman–Crippen LogP) is 1.26. The van der Waals surface area contributed by atoms with Gasteiger partial charge in [0.1, 0.15) is 0 Å². The minimum atomic E-state index is -0.102. The lowest BCUT2D eigenvalue weighted by atomic mass is 9.78. The van der Waals surface area contributed by atoms with Crippen molar-refractivity contribution in [3.05, 3.63) is 35.4 Å². The Morgan fingerprint density at radius 2 is 2.29 bits per heavy atom. The molecule has 0 saturated carbocycles. The van der Waals surface area contributed by atoms with Gasteiger partial charge in [-0.1, -0.05) is 24.3 Å². The fourth-order valence-electron chi connectivity index (χ4n) is 1.85. The fourth-order valence-corrected chi connectivity index (χ4v) is 1.85. The molecule has 2 N–H and O–H groups in total. The largest absolute Gasteiger partial charge is 0.341 e. The summed E-state index contributed by atoms with van der Waals surface area (Å²) >= 11 is 0. The average Bonchev–Trinajstić information content (AvgIpc) is 2.19. The molecule has 1 aromatic rings. The molecule has 0 aliphatic heterocycles. The van der Waals surface area contributed by atoms with E-state index in [-0.39, 0.29) is 6.03 Å². The average molecular weight is 190 g/mol. The summed E-state index contributed by atoms with van der Waals surface area (Å²) in [4.78, 5) is 10.9. The maximum atomic E-state index is 10.9. The molecule has 0 aromatic heterocycles. The number of carbonyl (C=O) groups is 1. The molecule has 1 aliphatic rings. The lowest BCUT2D eigenvalue weighted by molar-refractivity contribution is 0.242. The first kappa shape index (κ1) is 9.06. The van der Waals surface area contributed by atoms with Gasteiger partial charge in [0.15, 0.2) is 0 Å². The van der Waals surface area contributed by atoms with Crippen molar-refractivity contribution in [1.29, 1.82) is 0 Å². The maximum Gasteiger partial charge on any atom is 0.314 e. The molecule has 0 radical (unpaired) electrons. The first-order valence-corrected chi connectivity index (χ1v) is 4.84. The second-order valence-electron chi connectivity index (χ2n) is 3.56. The SMILES string of the molecule is CNC(=O)NCC1Cc2ccccc21. The normalized spacial score (nSPS) is 17.9. The smallest absolute Gasteiger partial charge is 0.314 e. The number of fused-ring (bicyclic) bond motifs is 1. The van der Waals surface area contributed by atoms with E-state index in [0.29, 0.717) is 5.92 Å². The van der Waals surface area contributed by atoms with Crippen molar-refractivity contribution >= 4 is 6.03 Å². The van der Waals surface area contributed by atoms with Crippen LogP contribution in [-0.4, -0.2) is 19.6 Å². The van der Waals surface area contributed by atoms with Gasteiger partial charge in [-0.15, -0.1) is 0 Å². The molecule has 2 amide bonds. The number of urea groups is 1. The van der Waals surface area contributed by atoms with Gasteiger partial charge in [-0.05, 0) is 17.5 Å². The molecule has 1 aromatic carbocycles. The molecular weight excluding hydrogens is 176 g/mol. The Labute approximate surface area is 83.5 Å². The summed E-state index contributed by atoms with van der Waals surface area (Å²) in [6.45, 7) is 0.733. The van der Waals surface area contributed by atoms with Gasteiger partial charge in [0, 0.05) is 19.5 Å². The van der Waals surface area contributed by atoms with Gasteiger partial charge in [-0.25, -0.2) is 4.79 Å². The van der Waals surface area contributed by atoms with E-state index in [0.717, 1.165) is 13.0 Å². The zero-order valence-electron chi connectivity index (χ0n) is 8.21. The van der Waals surface area contributed by atoms with Crippen molar-refractivity contribution in [2.75, 3.05) is 13.6 Å². The molecule has 0 fully saturated rings. The van der Waals surface area contributed by atoms with E-state index in [1.807, 2.05) is 6.07 Å². The Bertz CT molecular complexity index is 349. The van der Waals surface area contributed by atoms with Crippen LogP contribution in [0.2, 0.25) is 0 Å². The molecule has 1 atom stereocenters. The lowest BCUT2D eigenvalue weighted by Crippen LogP contribution is -2.38. The van der Waals surface area contributed by atoms with Crippen LogP contribution in [0.1, 0.15) is 17.0 Å². The zero-order valence-corrected chi connectivity index (χ0v) is 8.21. The molecular formula is C11H14N2O. The van der Waals surface area contributed by atoms with Crippen LogP contribution in [0.4, 0.5) is 4.79 Å². The van der Waals surface area contributed by atoms with Crippen molar-refractivity contribution in [2.24, 2.45) is 0 Å². The lowest BCUT2D eigenvalue weighted by Gasteiger charge is -2.30. The number of nitrogens with one attached hydrogen (secondary N) is 2. The summed E-state index contributed by atoms with van der Waals surface area (Å²) < 4.78 is 0. The summed E-state index contributed by atoms with van der Waals surface area (Å²) in [7, 11) is 1.63. The number of hydrogen-bond acceptors (Lipinski definition) is 1. The highest BCUT2D eigenvalue weighted by Crippen LogP contribution is 2.33. The van der Waals surface area contributed by atoms with Crippen LogP contribution in [0, 0.1) is 0 Å². The van der Waals surface area contributed by atoms with Crippen LogP contribution < -0.4 is 10.6 Å². The standard InChI is InChI=1S/C11H14N2O/c1-12-11(14)13-7-9-6-8-4-2-3-5-10(8)9/h2-5,9H,6-7H2,1H3,(H2,12,13,14). The second kappa shape index (κ2) is 3.70. The minimum absolute atomic E-state index is 0.102. The molecule has 14 heavy (non-hydrogen) atoms. The van der Waals surface area contributed by atoms with Crippen LogP contribution in [0.15, 0.2) is 24.3 Å². The molecule has 0 heterocycles. The fraction of sp³-hybridized carbons (Fsp3) is 0.364. The van der Waals surface area contributed by atoms with E-state index < -0.39 is 0 Å². The topological polar surface area (TPSA) is 41.1 Å². The Morgan fingerprint density at radius 3 is 3.00 bits per heavy atom. The van der Waals surface area contributed by atoms with E-state index in [9.17, 15) is 4.79 Å². The summed E-state index contributed by atoms with van der Waals surface area (Å²) in [6, 6.07) is 8.28. The molecule has 0 spiro atoms. The van der Waals surface area contributed by atoms with Gasteiger partial charge in [0.2, 0.25) is 0 Å². The van der Waals surface area contributed by atoms with E-state index >= 15 is 0 Å². The maximum absolute atomic E-state index is 10.9. The number of rotatable bonds is 2. The molecule has 3 nitrogen and oxygen atoms in total. The van der Waals surface area contributed by atoms with E-state index in [1.54, 1.807) is 7.05 Å². The van der Waals surface area contributed by atoms with Crippen molar-refractivity contribution < 1.29 is 4.79 Å². The summed E-state index contributed by atoms with van der Waals surface area (Å²) in [6.07, 6.45) is 1.08.